The number of benzene rings is 3. The summed E-state index contributed by atoms with van der Waals surface area (Å²) in [6.07, 6.45) is -1.05. The molecule has 1 amide bonds. The maximum Gasteiger partial charge on any atom is 0.264 e. The molecule has 1 aliphatic rings. The molecule has 3 aromatic carbocycles. The van der Waals surface area contributed by atoms with Crippen LogP contribution in [0.4, 0.5) is 10.1 Å². The summed E-state index contributed by atoms with van der Waals surface area (Å²) in [5, 5.41) is 2.82. The van der Waals surface area contributed by atoms with Gasteiger partial charge in [0, 0.05) is 0 Å². The van der Waals surface area contributed by atoms with Crippen LogP contribution in [0.15, 0.2) is 83.8 Å². The lowest BCUT2D eigenvalue weighted by Crippen LogP contribution is -2.51. The third-order valence-corrected chi connectivity index (χ3v) is 6.88. The second kappa shape index (κ2) is 8.39. The Labute approximate surface area is 180 Å². The highest BCUT2D eigenvalue weighted by Gasteiger charge is 2.37. The first-order chi connectivity index (χ1) is 14.9. The number of halogens is 1. The van der Waals surface area contributed by atoms with E-state index in [1.165, 1.54) is 28.6 Å². The fraction of sp³-hybridized carbons (Fsp3) is 0.174. The molecule has 0 spiro atoms. The number of anilines is 1. The van der Waals surface area contributed by atoms with Crippen LogP contribution in [0.3, 0.4) is 0 Å². The zero-order chi connectivity index (χ0) is 22.0. The van der Waals surface area contributed by atoms with E-state index in [2.05, 4.69) is 5.32 Å². The van der Waals surface area contributed by atoms with Crippen molar-refractivity contribution in [1.29, 1.82) is 0 Å². The molecule has 3 aromatic rings. The third-order valence-electron chi connectivity index (χ3n) is 5.09. The highest BCUT2D eigenvalue weighted by Crippen LogP contribution is 2.36. The summed E-state index contributed by atoms with van der Waals surface area (Å²) in [5.74, 6) is -0.515. The van der Waals surface area contributed by atoms with E-state index in [4.69, 9.17) is 4.74 Å². The van der Waals surface area contributed by atoms with Gasteiger partial charge in [-0.25, -0.2) is 12.8 Å². The van der Waals surface area contributed by atoms with E-state index in [-0.39, 0.29) is 17.3 Å². The average molecular weight is 440 g/mol. The van der Waals surface area contributed by atoms with Gasteiger partial charge in [0.05, 0.1) is 23.2 Å². The van der Waals surface area contributed by atoms with Crippen molar-refractivity contribution in [3.05, 3.63) is 90.2 Å². The Hall–Kier alpha value is -3.39. The molecule has 4 rings (SSSR count). The molecule has 2 atom stereocenters. The van der Waals surface area contributed by atoms with Crippen LogP contribution >= 0.6 is 0 Å². The van der Waals surface area contributed by atoms with Crippen LogP contribution in [0.2, 0.25) is 0 Å². The fourth-order valence-electron chi connectivity index (χ4n) is 3.43. The summed E-state index contributed by atoms with van der Waals surface area (Å²) >= 11 is 0. The minimum Gasteiger partial charge on any atom is -0.476 e. The number of fused-ring (bicyclic) bond motifs is 1. The molecule has 0 aliphatic carbocycles. The van der Waals surface area contributed by atoms with Crippen molar-refractivity contribution < 1.29 is 22.3 Å². The van der Waals surface area contributed by atoms with E-state index in [0.717, 1.165) is 5.56 Å². The SMILES string of the molecule is C[C@@H](NC(=O)[C@H]1CN(S(=O)(=O)c2ccccc2)c2ccccc2O1)c1ccc(F)cc1. The van der Waals surface area contributed by atoms with Crippen molar-refractivity contribution in [2.45, 2.75) is 24.0 Å². The van der Waals surface area contributed by atoms with Crippen molar-refractivity contribution >= 4 is 21.6 Å². The first-order valence-electron chi connectivity index (χ1n) is 9.75. The third kappa shape index (κ3) is 4.25. The van der Waals surface area contributed by atoms with E-state index in [1.54, 1.807) is 61.5 Å². The minimum atomic E-state index is -3.90. The number of sulfonamides is 1. The molecule has 6 nitrogen and oxygen atoms in total. The molecule has 160 valence electrons. The zero-order valence-corrected chi connectivity index (χ0v) is 17.6. The number of rotatable bonds is 5. The maximum absolute atomic E-state index is 13.3. The highest BCUT2D eigenvalue weighted by molar-refractivity contribution is 7.92. The van der Waals surface area contributed by atoms with E-state index < -0.39 is 28.1 Å². The van der Waals surface area contributed by atoms with Gasteiger partial charge in [-0.05, 0) is 48.9 Å². The standard InChI is InChI=1S/C23H21FN2O4S/c1-16(17-11-13-18(24)14-12-17)25-23(27)22-15-26(20-9-5-6-10-21(20)30-22)31(28,29)19-7-3-2-4-8-19/h2-14,16,22H,15H2,1H3,(H,25,27)/t16-,22-/m1/s1. The van der Waals surface area contributed by atoms with Gasteiger partial charge in [-0.15, -0.1) is 0 Å². The van der Waals surface area contributed by atoms with Gasteiger partial charge >= 0.3 is 0 Å². The second-order valence-corrected chi connectivity index (χ2v) is 9.07. The van der Waals surface area contributed by atoms with Crippen molar-refractivity contribution in [3.8, 4) is 5.75 Å². The number of hydrogen-bond donors (Lipinski definition) is 1. The molecule has 0 fully saturated rings. The molecule has 1 heterocycles. The summed E-state index contributed by atoms with van der Waals surface area (Å²) in [6.45, 7) is 1.59. The van der Waals surface area contributed by atoms with Crippen LogP contribution in [0, 0.1) is 5.82 Å². The van der Waals surface area contributed by atoms with Gasteiger partial charge in [0.15, 0.2) is 6.10 Å². The maximum atomic E-state index is 13.3. The van der Waals surface area contributed by atoms with Crippen LogP contribution in [0.5, 0.6) is 5.75 Å². The normalized spacial score (nSPS) is 16.7. The Morgan fingerprint density at radius 2 is 1.68 bits per heavy atom. The molecule has 31 heavy (non-hydrogen) atoms. The number of carbonyl (C=O) groups is 1. The summed E-state index contributed by atoms with van der Waals surface area (Å²) in [5.41, 5.74) is 1.10. The Morgan fingerprint density at radius 1 is 1.03 bits per heavy atom. The zero-order valence-electron chi connectivity index (χ0n) is 16.7. The molecule has 0 aromatic heterocycles. The summed E-state index contributed by atoms with van der Waals surface area (Å²) in [4.78, 5) is 13.1. The second-order valence-electron chi connectivity index (χ2n) is 7.21. The molecule has 0 radical (unpaired) electrons. The number of ether oxygens (including phenoxy) is 1. The topological polar surface area (TPSA) is 75.7 Å². The minimum absolute atomic E-state index is 0.130. The van der Waals surface area contributed by atoms with E-state index in [1.807, 2.05) is 0 Å². The fourth-order valence-corrected chi connectivity index (χ4v) is 4.92. The molecule has 1 aliphatic heterocycles. The van der Waals surface area contributed by atoms with Crippen LogP contribution in [0.1, 0.15) is 18.5 Å². The Balaban J connectivity index is 1.60. The van der Waals surface area contributed by atoms with Crippen LogP contribution in [-0.4, -0.2) is 27.0 Å². The molecular weight excluding hydrogens is 419 g/mol. The predicted octanol–water partition coefficient (Wildman–Crippen LogP) is 3.66. The first kappa shape index (κ1) is 20.9. The monoisotopic (exact) mass is 440 g/mol. The predicted molar refractivity (Wildman–Crippen MR) is 115 cm³/mol. The molecule has 0 saturated carbocycles. The number of para-hydroxylation sites is 2. The highest BCUT2D eigenvalue weighted by atomic mass is 32.2. The van der Waals surface area contributed by atoms with Gasteiger partial charge in [-0.2, -0.15) is 0 Å². The molecule has 0 bridgehead atoms. The lowest BCUT2D eigenvalue weighted by molar-refractivity contribution is -0.128. The first-order valence-corrected chi connectivity index (χ1v) is 11.2. The lowest BCUT2D eigenvalue weighted by atomic mass is 10.1. The number of nitrogens with zero attached hydrogens (tertiary/aromatic N) is 1. The summed E-state index contributed by atoms with van der Waals surface area (Å²) in [7, 11) is -3.90. The van der Waals surface area contributed by atoms with Gasteiger partial charge in [-0.1, -0.05) is 42.5 Å². The largest absolute Gasteiger partial charge is 0.476 e. The van der Waals surface area contributed by atoms with Gasteiger partial charge in [-0.3, -0.25) is 9.10 Å². The number of carbonyl (C=O) groups excluding carboxylic acids is 1. The van der Waals surface area contributed by atoms with Crippen LogP contribution < -0.4 is 14.4 Å². The number of amides is 1. The van der Waals surface area contributed by atoms with E-state index in [9.17, 15) is 17.6 Å². The number of nitrogens with one attached hydrogen (secondary N) is 1. The van der Waals surface area contributed by atoms with Gasteiger partial charge in [0.2, 0.25) is 0 Å². The Morgan fingerprint density at radius 3 is 2.39 bits per heavy atom. The van der Waals surface area contributed by atoms with Crippen molar-refractivity contribution in [3.63, 3.8) is 0 Å². The molecule has 0 unspecified atom stereocenters. The Kier molecular flexibility index (Phi) is 5.65. The van der Waals surface area contributed by atoms with Gasteiger partial charge in [0.25, 0.3) is 15.9 Å². The van der Waals surface area contributed by atoms with Crippen molar-refractivity contribution in [1.82, 2.24) is 5.32 Å². The molecular formula is C23H21FN2O4S. The quantitative estimate of drug-likeness (QED) is 0.657. The molecule has 8 heteroatoms. The summed E-state index contributed by atoms with van der Waals surface area (Å²) < 4.78 is 46.8. The van der Waals surface area contributed by atoms with E-state index >= 15 is 0 Å². The van der Waals surface area contributed by atoms with Gasteiger partial charge in [0.1, 0.15) is 11.6 Å². The lowest BCUT2D eigenvalue weighted by Gasteiger charge is -2.35. The van der Waals surface area contributed by atoms with Crippen molar-refractivity contribution in [2.75, 3.05) is 10.8 Å². The summed E-state index contributed by atoms with van der Waals surface area (Å²) in [6, 6.07) is 20.2. The van der Waals surface area contributed by atoms with Gasteiger partial charge < -0.3 is 10.1 Å². The van der Waals surface area contributed by atoms with E-state index in [0.29, 0.717) is 11.4 Å². The molecule has 0 saturated heterocycles. The van der Waals surface area contributed by atoms with Crippen LogP contribution in [-0.2, 0) is 14.8 Å². The molecule has 1 N–H and O–H groups in total. The number of hydrogen-bond acceptors (Lipinski definition) is 4. The average Bonchev–Trinajstić information content (AvgIpc) is 2.79. The Bertz CT molecular complexity index is 1180. The smallest absolute Gasteiger partial charge is 0.264 e. The van der Waals surface area contributed by atoms with Crippen LogP contribution in [0.25, 0.3) is 0 Å². The van der Waals surface area contributed by atoms with Crippen molar-refractivity contribution in [2.24, 2.45) is 0 Å².